The third-order valence-electron chi connectivity index (χ3n) is 4.47. The van der Waals surface area contributed by atoms with Gasteiger partial charge in [0.2, 0.25) is 0 Å². The molecule has 7 heteroatoms. The van der Waals surface area contributed by atoms with Crippen molar-refractivity contribution in [2.45, 2.75) is 39.3 Å². The van der Waals surface area contributed by atoms with Crippen LogP contribution in [0.1, 0.15) is 32.3 Å². The Balaban J connectivity index is 1.65. The third-order valence-corrected chi connectivity index (χ3v) is 4.47. The van der Waals surface area contributed by atoms with E-state index in [2.05, 4.69) is 40.1 Å². The molecule has 1 aliphatic heterocycles. The van der Waals surface area contributed by atoms with Gasteiger partial charge in [0, 0.05) is 44.8 Å². The van der Waals surface area contributed by atoms with Crippen LogP contribution >= 0.6 is 0 Å². The predicted octanol–water partition coefficient (Wildman–Crippen LogP) is 2.23. The van der Waals surface area contributed by atoms with Crippen molar-refractivity contribution >= 4 is 5.96 Å². The molecule has 0 aliphatic carbocycles. The molecule has 1 N–H and O–H groups in total. The number of aliphatic imine (C=N–C) groups is 1. The Morgan fingerprint density at radius 3 is 2.85 bits per heavy atom. The monoisotopic (exact) mass is 356 g/mol. The van der Waals surface area contributed by atoms with Crippen molar-refractivity contribution in [3.8, 4) is 5.82 Å². The van der Waals surface area contributed by atoms with Crippen molar-refractivity contribution in [2.75, 3.05) is 26.2 Å². The number of hydrogen-bond donors (Lipinski definition) is 1. The zero-order valence-corrected chi connectivity index (χ0v) is 15.6. The van der Waals surface area contributed by atoms with Crippen molar-refractivity contribution in [1.82, 2.24) is 24.8 Å². The summed E-state index contributed by atoms with van der Waals surface area (Å²) in [4.78, 5) is 15.6. The first-order chi connectivity index (χ1) is 12.8. The maximum atomic E-state index is 5.75. The minimum Gasteiger partial charge on any atom is -0.378 e. The van der Waals surface area contributed by atoms with Gasteiger partial charge >= 0.3 is 0 Å². The number of rotatable bonds is 6. The number of hydrogen-bond acceptors (Lipinski definition) is 4. The fourth-order valence-electron chi connectivity index (χ4n) is 3.16. The van der Waals surface area contributed by atoms with Crippen LogP contribution in [0.3, 0.4) is 0 Å². The number of guanidine groups is 1. The highest BCUT2D eigenvalue weighted by molar-refractivity contribution is 5.80. The fourth-order valence-corrected chi connectivity index (χ4v) is 3.16. The summed E-state index contributed by atoms with van der Waals surface area (Å²) in [5.41, 5.74) is 1.13. The maximum absolute atomic E-state index is 5.75. The van der Waals surface area contributed by atoms with Gasteiger partial charge in [-0.3, -0.25) is 4.57 Å². The summed E-state index contributed by atoms with van der Waals surface area (Å²) in [6.07, 6.45) is 9.71. The molecule has 0 radical (unpaired) electrons. The minimum absolute atomic E-state index is 0.386. The van der Waals surface area contributed by atoms with Crippen molar-refractivity contribution < 1.29 is 4.74 Å². The van der Waals surface area contributed by atoms with Gasteiger partial charge in [0.25, 0.3) is 0 Å². The lowest BCUT2D eigenvalue weighted by Gasteiger charge is -2.34. The second-order valence-electron chi connectivity index (χ2n) is 6.30. The van der Waals surface area contributed by atoms with Gasteiger partial charge in [-0.1, -0.05) is 0 Å². The van der Waals surface area contributed by atoms with Gasteiger partial charge < -0.3 is 15.0 Å². The number of ether oxygens (including phenoxy) is 1. The molecule has 0 amide bonds. The van der Waals surface area contributed by atoms with Crippen LogP contribution in [-0.2, 0) is 11.3 Å². The zero-order valence-electron chi connectivity index (χ0n) is 15.6. The van der Waals surface area contributed by atoms with Crippen LogP contribution in [0.15, 0.2) is 42.0 Å². The normalized spacial score (nSPS) is 16.1. The van der Waals surface area contributed by atoms with E-state index in [4.69, 9.17) is 9.73 Å². The van der Waals surface area contributed by atoms with Crippen LogP contribution in [0, 0.1) is 0 Å². The van der Waals surface area contributed by atoms with Crippen LogP contribution in [0.25, 0.3) is 5.82 Å². The molecule has 0 spiro atoms. The summed E-state index contributed by atoms with van der Waals surface area (Å²) in [6.45, 7) is 8.40. The maximum Gasteiger partial charge on any atom is 0.194 e. The van der Waals surface area contributed by atoms with E-state index >= 15 is 0 Å². The molecular formula is C19H28N6O. The van der Waals surface area contributed by atoms with E-state index in [0.29, 0.717) is 12.6 Å². The molecule has 0 unspecified atom stereocenters. The van der Waals surface area contributed by atoms with Crippen molar-refractivity contribution in [2.24, 2.45) is 4.99 Å². The molecule has 0 aromatic carbocycles. The van der Waals surface area contributed by atoms with Gasteiger partial charge in [-0.05, 0) is 44.4 Å². The van der Waals surface area contributed by atoms with Crippen LogP contribution in [0.2, 0.25) is 0 Å². The molecule has 0 bridgehead atoms. The number of nitrogens with one attached hydrogen (secondary N) is 1. The smallest absolute Gasteiger partial charge is 0.194 e. The van der Waals surface area contributed by atoms with E-state index in [1.165, 1.54) is 0 Å². The van der Waals surface area contributed by atoms with E-state index in [1.807, 2.05) is 23.0 Å². The highest BCUT2D eigenvalue weighted by Crippen LogP contribution is 2.14. The summed E-state index contributed by atoms with van der Waals surface area (Å²) in [5, 5.41) is 3.42. The summed E-state index contributed by atoms with van der Waals surface area (Å²) in [5.74, 6) is 1.83. The van der Waals surface area contributed by atoms with Crippen LogP contribution in [0.4, 0.5) is 0 Å². The summed E-state index contributed by atoms with van der Waals surface area (Å²) >= 11 is 0. The van der Waals surface area contributed by atoms with E-state index in [9.17, 15) is 0 Å². The molecule has 3 rings (SSSR count). The van der Waals surface area contributed by atoms with Crippen molar-refractivity contribution in [3.05, 3.63) is 42.6 Å². The molecule has 0 saturated carbocycles. The number of piperidine rings is 1. The molecule has 0 atom stereocenters. The van der Waals surface area contributed by atoms with Crippen LogP contribution < -0.4 is 5.32 Å². The first kappa shape index (κ1) is 18.4. The average Bonchev–Trinajstić information content (AvgIpc) is 3.21. The Labute approximate surface area is 155 Å². The molecule has 1 saturated heterocycles. The van der Waals surface area contributed by atoms with Gasteiger partial charge in [-0.25, -0.2) is 15.0 Å². The predicted molar refractivity (Wildman–Crippen MR) is 102 cm³/mol. The number of nitrogens with zero attached hydrogens (tertiary/aromatic N) is 5. The Hall–Kier alpha value is -2.41. The van der Waals surface area contributed by atoms with E-state index in [1.54, 1.807) is 12.5 Å². The number of aromatic nitrogens is 3. The molecule has 26 heavy (non-hydrogen) atoms. The minimum atomic E-state index is 0.386. The molecular weight excluding hydrogens is 328 g/mol. The van der Waals surface area contributed by atoms with Crippen molar-refractivity contribution in [1.29, 1.82) is 0 Å². The third kappa shape index (κ3) is 4.82. The summed E-state index contributed by atoms with van der Waals surface area (Å²) in [7, 11) is 0. The first-order valence-corrected chi connectivity index (χ1v) is 9.38. The van der Waals surface area contributed by atoms with E-state index < -0.39 is 0 Å². The fraction of sp³-hybridized carbons (Fsp3) is 0.526. The Bertz CT molecular complexity index is 692. The highest BCUT2D eigenvalue weighted by Gasteiger charge is 2.21. The average molecular weight is 356 g/mol. The SMILES string of the molecule is CCNC(=NCc1ccnc(-n2ccnc2)c1)N1CCC(OCC)CC1. The lowest BCUT2D eigenvalue weighted by atomic mass is 10.1. The number of likely N-dealkylation sites (tertiary alicyclic amines) is 1. The molecule has 2 aromatic heterocycles. The summed E-state index contributed by atoms with van der Waals surface area (Å²) < 4.78 is 7.65. The zero-order chi connectivity index (χ0) is 18.2. The van der Waals surface area contributed by atoms with Gasteiger partial charge in [-0.2, -0.15) is 0 Å². The quantitative estimate of drug-likeness (QED) is 0.635. The second-order valence-corrected chi connectivity index (χ2v) is 6.30. The lowest BCUT2D eigenvalue weighted by molar-refractivity contribution is 0.0263. The molecule has 3 heterocycles. The van der Waals surface area contributed by atoms with Crippen LogP contribution in [0.5, 0.6) is 0 Å². The molecule has 140 valence electrons. The standard InChI is InChI=1S/C19H28N6O/c1-3-21-19(24-10-6-17(7-11-24)26-4-2)23-14-16-5-8-22-18(13-16)25-12-9-20-15-25/h5,8-9,12-13,15,17H,3-4,6-7,10-11,14H2,1-2H3,(H,21,23). The molecule has 7 nitrogen and oxygen atoms in total. The summed E-state index contributed by atoms with van der Waals surface area (Å²) in [6, 6.07) is 4.06. The van der Waals surface area contributed by atoms with E-state index in [-0.39, 0.29) is 0 Å². The van der Waals surface area contributed by atoms with Gasteiger partial charge in [-0.15, -0.1) is 0 Å². The van der Waals surface area contributed by atoms with Gasteiger partial charge in [0.05, 0.1) is 12.6 Å². The molecule has 1 aliphatic rings. The highest BCUT2D eigenvalue weighted by atomic mass is 16.5. The first-order valence-electron chi connectivity index (χ1n) is 9.38. The Kier molecular flexibility index (Phi) is 6.60. The second kappa shape index (κ2) is 9.33. The van der Waals surface area contributed by atoms with Gasteiger partial charge in [0.15, 0.2) is 5.96 Å². The van der Waals surface area contributed by atoms with E-state index in [0.717, 1.165) is 56.4 Å². The molecule has 2 aromatic rings. The lowest BCUT2D eigenvalue weighted by Crippen LogP contribution is -2.47. The Morgan fingerprint density at radius 2 is 2.15 bits per heavy atom. The topological polar surface area (TPSA) is 67.6 Å². The Morgan fingerprint density at radius 1 is 1.31 bits per heavy atom. The molecule has 1 fully saturated rings. The van der Waals surface area contributed by atoms with Gasteiger partial charge in [0.1, 0.15) is 12.1 Å². The van der Waals surface area contributed by atoms with Crippen molar-refractivity contribution in [3.63, 3.8) is 0 Å². The largest absolute Gasteiger partial charge is 0.378 e. The van der Waals surface area contributed by atoms with Crippen LogP contribution in [-0.4, -0.2) is 57.7 Å². The number of pyridine rings is 1. The number of imidazole rings is 1.